The van der Waals surface area contributed by atoms with Gasteiger partial charge < -0.3 is 5.11 Å². The van der Waals surface area contributed by atoms with E-state index < -0.39 is 35.9 Å². The molecule has 2 heterocycles. The second-order valence-electron chi connectivity index (χ2n) is 8.03. The van der Waals surface area contributed by atoms with Crippen LogP contribution in [0, 0.1) is 0 Å². The van der Waals surface area contributed by atoms with Gasteiger partial charge in [0.1, 0.15) is 5.56 Å². The predicted molar refractivity (Wildman–Crippen MR) is 113 cm³/mol. The number of alkyl halides is 6. The fourth-order valence-electron chi connectivity index (χ4n) is 3.98. The minimum absolute atomic E-state index is 0.0181. The second kappa shape index (κ2) is 9.63. The van der Waals surface area contributed by atoms with Gasteiger partial charge in [-0.1, -0.05) is 32.8 Å². The number of carboxylic acid groups (broad SMARTS) is 1. The third-order valence-corrected chi connectivity index (χ3v) is 5.77. The van der Waals surface area contributed by atoms with E-state index in [2.05, 4.69) is 10.1 Å². The number of carbonyl (C=O) groups is 1. The zero-order chi connectivity index (χ0) is 25.3. The first-order valence-electron chi connectivity index (χ1n) is 10.8. The molecule has 0 aromatic carbocycles. The Morgan fingerprint density at radius 3 is 2.38 bits per heavy atom. The summed E-state index contributed by atoms with van der Waals surface area (Å²) in [5, 5.41) is 13.6. The van der Waals surface area contributed by atoms with Gasteiger partial charge >= 0.3 is 18.3 Å². The summed E-state index contributed by atoms with van der Waals surface area (Å²) >= 11 is 0. The topological polar surface area (TPSA) is 67.5 Å². The number of halogens is 6. The Morgan fingerprint density at radius 1 is 1.12 bits per heavy atom. The van der Waals surface area contributed by atoms with Gasteiger partial charge in [-0.05, 0) is 37.0 Å². The van der Waals surface area contributed by atoms with Crippen molar-refractivity contribution in [1.29, 1.82) is 0 Å². The van der Waals surface area contributed by atoms with Gasteiger partial charge in [0.05, 0.1) is 17.5 Å². The number of unbranched alkanes of at least 4 members (excludes halogenated alkanes) is 1. The number of hydrogen-bond acceptors (Lipinski definition) is 3. The first-order valence-corrected chi connectivity index (χ1v) is 10.8. The molecule has 0 amide bonds. The van der Waals surface area contributed by atoms with Gasteiger partial charge in [0.25, 0.3) is 0 Å². The maximum Gasteiger partial charge on any atom is 0.416 e. The normalized spacial score (nSPS) is 16.1. The molecular weight excluding hydrogens is 464 g/mol. The van der Waals surface area contributed by atoms with E-state index in [1.165, 1.54) is 10.7 Å². The summed E-state index contributed by atoms with van der Waals surface area (Å²) in [7, 11) is 0. The molecular formula is C23H23F6N3O2. The van der Waals surface area contributed by atoms with Crippen LogP contribution in [0.1, 0.15) is 73.5 Å². The van der Waals surface area contributed by atoms with Crippen molar-refractivity contribution >= 4 is 17.2 Å². The first-order chi connectivity index (χ1) is 15.9. The summed E-state index contributed by atoms with van der Waals surface area (Å²) in [6.07, 6.45) is -3.63. The van der Waals surface area contributed by atoms with Crippen molar-refractivity contribution < 1.29 is 36.2 Å². The summed E-state index contributed by atoms with van der Waals surface area (Å²) in [6, 6.07) is 0. The number of rotatable bonds is 7. The van der Waals surface area contributed by atoms with Gasteiger partial charge in [-0.15, -0.1) is 0 Å². The van der Waals surface area contributed by atoms with Crippen molar-refractivity contribution in [3.8, 4) is 0 Å². The monoisotopic (exact) mass is 487 g/mol. The van der Waals surface area contributed by atoms with Crippen molar-refractivity contribution in [3.63, 3.8) is 0 Å². The fourth-order valence-corrected chi connectivity index (χ4v) is 3.98. The van der Waals surface area contributed by atoms with Crippen LogP contribution in [0.5, 0.6) is 0 Å². The van der Waals surface area contributed by atoms with Crippen LogP contribution in [-0.4, -0.2) is 38.0 Å². The minimum Gasteiger partial charge on any atom is -0.477 e. The first kappa shape index (κ1) is 25.5. The molecule has 0 spiro atoms. The lowest BCUT2D eigenvalue weighted by Crippen LogP contribution is -2.15. The van der Waals surface area contributed by atoms with E-state index in [-0.39, 0.29) is 34.3 Å². The molecule has 0 radical (unpaired) electrons. The molecule has 11 heteroatoms. The molecule has 1 aliphatic carbocycles. The van der Waals surface area contributed by atoms with Crippen molar-refractivity contribution in [3.05, 3.63) is 58.6 Å². The Hall–Kier alpha value is -3.11. The number of aromatic nitrogens is 3. The van der Waals surface area contributed by atoms with Crippen LogP contribution in [-0.2, 0) is 0 Å². The summed E-state index contributed by atoms with van der Waals surface area (Å²) < 4.78 is 82.1. The summed E-state index contributed by atoms with van der Waals surface area (Å²) in [4.78, 5) is 15.7. The largest absolute Gasteiger partial charge is 0.477 e. The maximum atomic E-state index is 13.6. The number of fused-ring (bicyclic) bond motifs is 1. The summed E-state index contributed by atoms with van der Waals surface area (Å²) in [5.41, 5.74) is -2.36. The maximum absolute atomic E-state index is 13.6. The van der Waals surface area contributed by atoms with Crippen LogP contribution >= 0.6 is 0 Å². The molecule has 1 aliphatic rings. The number of aromatic carboxylic acids is 1. The standard InChI is InChI=1S/C23H23F6N3O2/c1-3-5-6-13(4-2)19-17(11-30-20-18(21(33)34)12-31-32(19)20)14-7-8-15(22(24,25)26)10-16(9-14)23(27,28)29/h7,9-13H,3-6,8H2,1-2H3,(H,33,34). The highest BCUT2D eigenvalue weighted by Gasteiger charge is 2.39. The lowest BCUT2D eigenvalue weighted by molar-refractivity contribution is -0.0963. The Morgan fingerprint density at radius 2 is 1.82 bits per heavy atom. The molecule has 1 N–H and O–H groups in total. The zero-order valence-corrected chi connectivity index (χ0v) is 18.5. The van der Waals surface area contributed by atoms with Crippen molar-refractivity contribution in [2.75, 3.05) is 0 Å². The average molecular weight is 487 g/mol. The highest BCUT2D eigenvalue weighted by atomic mass is 19.4. The minimum atomic E-state index is -5.01. The van der Waals surface area contributed by atoms with Gasteiger partial charge in [-0.25, -0.2) is 14.3 Å². The van der Waals surface area contributed by atoms with Gasteiger partial charge in [0.15, 0.2) is 5.65 Å². The number of carboxylic acids is 1. The Labute approximate surface area is 191 Å². The number of allylic oxidation sites excluding steroid dienone is 6. The van der Waals surface area contributed by atoms with E-state index in [1.807, 2.05) is 13.8 Å². The highest BCUT2D eigenvalue weighted by Crippen LogP contribution is 2.40. The molecule has 34 heavy (non-hydrogen) atoms. The van der Waals surface area contributed by atoms with Crippen LogP contribution in [0.25, 0.3) is 11.2 Å². The molecule has 1 unspecified atom stereocenters. The van der Waals surface area contributed by atoms with Crippen molar-refractivity contribution in [2.24, 2.45) is 0 Å². The molecule has 2 aromatic rings. The van der Waals surface area contributed by atoms with E-state index in [0.717, 1.165) is 25.1 Å². The van der Waals surface area contributed by atoms with E-state index >= 15 is 0 Å². The molecule has 0 fully saturated rings. The van der Waals surface area contributed by atoms with Gasteiger partial charge in [-0.3, -0.25) is 0 Å². The quantitative estimate of drug-likeness (QED) is 0.433. The number of hydrogen-bond donors (Lipinski definition) is 1. The predicted octanol–water partition coefficient (Wildman–Crippen LogP) is 6.88. The van der Waals surface area contributed by atoms with Gasteiger partial charge in [-0.2, -0.15) is 31.4 Å². The highest BCUT2D eigenvalue weighted by molar-refractivity contribution is 5.94. The Balaban J connectivity index is 2.28. The summed E-state index contributed by atoms with van der Waals surface area (Å²) in [5.74, 6) is -1.50. The number of nitrogens with zero attached hydrogens (tertiary/aromatic N) is 3. The molecule has 184 valence electrons. The van der Waals surface area contributed by atoms with Crippen LogP contribution in [0.4, 0.5) is 26.3 Å². The Bertz CT molecular complexity index is 1170. The van der Waals surface area contributed by atoms with Crippen LogP contribution in [0.3, 0.4) is 0 Å². The third kappa shape index (κ3) is 5.18. The second-order valence-corrected chi connectivity index (χ2v) is 8.03. The zero-order valence-electron chi connectivity index (χ0n) is 18.5. The van der Waals surface area contributed by atoms with Crippen molar-refractivity contribution in [1.82, 2.24) is 14.6 Å². The smallest absolute Gasteiger partial charge is 0.416 e. The van der Waals surface area contributed by atoms with Crippen LogP contribution in [0.15, 0.2) is 41.8 Å². The van der Waals surface area contributed by atoms with Crippen LogP contribution < -0.4 is 0 Å². The van der Waals surface area contributed by atoms with E-state index in [1.54, 1.807) is 0 Å². The van der Waals surface area contributed by atoms with Gasteiger partial charge in [0, 0.05) is 23.3 Å². The lowest BCUT2D eigenvalue weighted by Gasteiger charge is -2.21. The molecule has 3 rings (SSSR count). The van der Waals surface area contributed by atoms with E-state index in [0.29, 0.717) is 24.6 Å². The van der Waals surface area contributed by atoms with E-state index in [4.69, 9.17) is 0 Å². The molecule has 0 saturated heterocycles. The molecule has 2 aromatic heterocycles. The van der Waals surface area contributed by atoms with Crippen molar-refractivity contribution in [2.45, 2.75) is 64.2 Å². The average Bonchev–Trinajstić information content (AvgIpc) is 3.03. The molecule has 0 saturated carbocycles. The van der Waals surface area contributed by atoms with E-state index in [9.17, 15) is 36.2 Å². The molecule has 5 nitrogen and oxygen atoms in total. The SMILES string of the molecule is CCCCC(CC)c1c(C2=CCC(C(F)(F)F)=CC(C(F)(F)F)=C2)cnc2c(C(=O)O)cnn12. The molecule has 0 bridgehead atoms. The third-order valence-electron chi connectivity index (χ3n) is 5.77. The molecule has 1 atom stereocenters. The molecule has 0 aliphatic heterocycles. The Kier molecular flexibility index (Phi) is 7.23. The lowest BCUT2D eigenvalue weighted by atomic mass is 9.89. The fraction of sp³-hybridized carbons (Fsp3) is 0.435. The van der Waals surface area contributed by atoms with Gasteiger partial charge in [0.2, 0.25) is 0 Å². The summed E-state index contributed by atoms with van der Waals surface area (Å²) in [6.45, 7) is 3.85. The van der Waals surface area contributed by atoms with Crippen LogP contribution in [0.2, 0.25) is 0 Å².